The van der Waals surface area contributed by atoms with Gasteiger partial charge < -0.3 is 19.5 Å². The smallest absolute Gasteiger partial charge is 0.316 e. The van der Waals surface area contributed by atoms with Gasteiger partial charge in [0.05, 0.1) is 11.0 Å². The second kappa shape index (κ2) is 10.7. The van der Waals surface area contributed by atoms with Crippen molar-refractivity contribution in [1.29, 1.82) is 0 Å². The van der Waals surface area contributed by atoms with Gasteiger partial charge in [-0.15, -0.1) is 11.8 Å². The first-order valence-corrected chi connectivity index (χ1v) is 10.2. The molecule has 8 nitrogen and oxygen atoms in total. The highest BCUT2D eigenvalue weighted by atomic mass is 32.2. The minimum absolute atomic E-state index is 0.0489. The molecular weight excluding hydrogens is 394 g/mol. The summed E-state index contributed by atoms with van der Waals surface area (Å²) in [5.74, 6) is -0.314. The number of thioether (sulfide) groups is 1. The van der Waals surface area contributed by atoms with E-state index >= 15 is 0 Å². The summed E-state index contributed by atoms with van der Waals surface area (Å²) in [7, 11) is 0. The first kappa shape index (κ1) is 22.5. The van der Waals surface area contributed by atoms with E-state index in [1.165, 1.54) is 0 Å². The van der Waals surface area contributed by atoms with Crippen LogP contribution in [0.1, 0.15) is 26.5 Å². The number of nitrogens with one attached hydrogen (secondary N) is 1. The van der Waals surface area contributed by atoms with Crippen LogP contribution in [0, 0.1) is 6.92 Å². The summed E-state index contributed by atoms with van der Waals surface area (Å²) in [5.41, 5.74) is 0.742. The van der Waals surface area contributed by atoms with Crippen molar-refractivity contribution in [2.45, 2.75) is 39.0 Å². The number of carbonyl (C=O) groups is 3. The molecule has 0 unspecified atom stereocenters. The summed E-state index contributed by atoms with van der Waals surface area (Å²) in [6.07, 6.45) is 0. The average Bonchev–Trinajstić information content (AvgIpc) is 3.09. The number of amides is 2. The maximum Gasteiger partial charge on any atom is 0.316 e. The number of hydrogen-bond donors (Lipinski definition) is 1. The number of anilines is 2. The van der Waals surface area contributed by atoms with Crippen LogP contribution in [0.2, 0.25) is 0 Å². The quantitative estimate of drug-likeness (QED) is 0.623. The molecule has 1 heterocycles. The molecule has 2 amide bonds. The summed E-state index contributed by atoms with van der Waals surface area (Å²) in [4.78, 5) is 38.2. The van der Waals surface area contributed by atoms with Crippen molar-refractivity contribution >= 4 is 41.1 Å². The van der Waals surface area contributed by atoms with Crippen LogP contribution >= 0.6 is 11.8 Å². The van der Waals surface area contributed by atoms with E-state index in [1.807, 2.05) is 44.2 Å². The molecule has 0 fully saturated rings. The summed E-state index contributed by atoms with van der Waals surface area (Å²) in [5, 5.41) is 5.78. The van der Waals surface area contributed by atoms with E-state index in [1.54, 1.807) is 24.8 Å². The van der Waals surface area contributed by atoms with Crippen molar-refractivity contribution in [3.05, 3.63) is 42.2 Å². The average molecular weight is 420 g/mol. The number of carbonyl (C=O) groups excluding carboxylic acids is 3. The largest absolute Gasteiger partial charge is 0.455 e. The third kappa shape index (κ3) is 6.94. The van der Waals surface area contributed by atoms with Crippen molar-refractivity contribution in [3.8, 4) is 0 Å². The summed E-state index contributed by atoms with van der Waals surface area (Å²) < 4.78 is 9.98. The summed E-state index contributed by atoms with van der Waals surface area (Å²) in [6, 6.07) is 10.7. The van der Waals surface area contributed by atoms with Crippen molar-refractivity contribution < 1.29 is 23.6 Å². The molecule has 0 saturated heterocycles. The van der Waals surface area contributed by atoms with Gasteiger partial charge in [-0.3, -0.25) is 14.4 Å². The van der Waals surface area contributed by atoms with Crippen LogP contribution in [0.3, 0.4) is 0 Å². The Hall–Kier alpha value is -2.81. The van der Waals surface area contributed by atoms with Crippen molar-refractivity contribution in [1.82, 2.24) is 5.16 Å². The van der Waals surface area contributed by atoms with E-state index in [0.29, 0.717) is 11.6 Å². The molecule has 29 heavy (non-hydrogen) atoms. The topological polar surface area (TPSA) is 102 Å². The lowest BCUT2D eigenvalue weighted by atomic mass is 10.2. The number of nitrogens with zero attached hydrogens (tertiary/aromatic N) is 2. The predicted molar refractivity (Wildman–Crippen MR) is 112 cm³/mol. The van der Waals surface area contributed by atoms with Gasteiger partial charge in [0.1, 0.15) is 5.76 Å². The van der Waals surface area contributed by atoms with Crippen LogP contribution in [0.5, 0.6) is 0 Å². The van der Waals surface area contributed by atoms with Crippen LogP contribution < -0.4 is 10.2 Å². The van der Waals surface area contributed by atoms with E-state index < -0.39 is 11.2 Å². The fraction of sp³-hybridized carbons (Fsp3) is 0.400. The van der Waals surface area contributed by atoms with Gasteiger partial charge in [-0.25, -0.2) is 0 Å². The van der Waals surface area contributed by atoms with Gasteiger partial charge in [0, 0.05) is 17.8 Å². The summed E-state index contributed by atoms with van der Waals surface area (Å²) in [6.45, 7) is 6.81. The Balaban J connectivity index is 1.78. The Bertz CT molecular complexity index is 838. The molecule has 2 rings (SSSR count). The number of aryl methyl sites for hydroxylation is 1. The van der Waals surface area contributed by atoms with Crippen LogP contribution in [0.4, 0.5) is 11.5 Å². The minimum Gasteiger partial charge on any atom is -0.455 e. The van der Waals surface area contributed by atoms with Crippen LogP contribution in [-0.2, 0) is 19.1 Å². The van der Waals surface area contributed by atoms with Crippen LogP contribution in [0.25, 0.3) is 0 Å². The van der Waals surface area contributed by atoms with Gasteiger partial charge in [0.2, 0.25) is 5.91 Å². The van der Waals surface area contributed by atoms with E-state index in [2.05, 4.69) is 10.5 Å². The molecule has 1 atom stereocenters. The molecule has 0 aliphatic carbocycles. The normalized spacial score (nSPS) is 11.8. The molecular formula is C20H25N3O5S. The van der Waals surface area contributed by atoms with E-state index in [-0.39, 0.29) is 30.2 Å². The number of rotatable bonds is 9. The Morgan fingerprint density at radius 1 is 1.21 bits per heavy atom. The SMILES string of the molecule is Cc1cc(NC(=O)[C@H](C)SCC(=O)OCC(=O)N(c2ccccc2)C(C)C)no1. The molecule has 1 aromatic heterocycles. The number of benzene rings is 1. The predicted octanol–water partition coefficient (Wildman–Crippen LogP) is 3.03. The molecule has 2 aromatic rings. The Morgan fingerprint density at radius 2 is 1.90 bits per heavy atom. The van der Waals surface area contributed by atoms with E-state index in [4.69, 9.17) is 9.26 Å². The zero-order chi connectivity index (χ0) is 21.4. The van der Waals surface area contributed by atoms with Gasteiger partial charge in [0.25, 0.3) is 5.91 Å². The second-order valence-electron chi connectivity index (χ2n) is 6.62. The maximum absolute atomic E-state index is 12.5. The first-order chi connectivity index (χ1) is 13.8. The van der Waals surface area contributed by atoms with Crippen LogP contribution in [-0.4, -0.2) is 46.6 Å². The third-order valence-corrected chi connectivity index (χ3v) is 4.99. The number of hydrogen-bond acceptors (Lipinski definition) is 7. The van der Waals surface area contributed by atoms with E-state index in [9.17, 15) is 14.4 Å². The molecule has 1 N–H and O–H groups in total. The Labute approximate surface area is 173 Å². The second-order valence-corrected chi connectivity index (χ2v) is 7.95. The number of para-hydroxylation sites is 1. The summed E-state index contributed by atoms with van der Waals surface area (Å²) >= 11 is 1.11. The van der Waals surface area contributed by atoms with Gasteiger partial charge in [0.15, 0.2) is 12.4 Å². The van der Waals surface area contributed by atoms with Crippen molar-refractivity contribution in [2.24, 2.45) is 0 Å². The molecule has 0 saturated carbocycles. The lowest BCUT2D eigenvalue weighted by molar-refractivity contribution is -0.145. The fourth-order valence-corrected chi connectivity index (χ4v) is 3.17. The van der Waals surface area contributed by atoms with Gasteiger partial charge in [-0.05, 0) is 39.8 Å². The van der Waals surface area contributed by atoms with E-state index in [0.717, 1.165) is 17.4 Å². The van der Waals surface area contributed by atoms with Crippen molar-refractivity contribution in [2.75, 3.05) is 22.6 Å². The molecule has 0 aliphatic rings. The molecule has 0 spiro atoms. The van der Waals surface area contributed by atoms with Gasteiger partial charge in [-0.2, -0.15) is 0 Å². The molecule has 0 aliphatic heterocycles. The highest BCUT2D eigenvalue weighted by molar-refractivity contribution is 8.01. The highest BCUT2D eigenvalue weighted by Gasteiger charge is 2.21. The fourth-order valence-electron chi connectivity index (χ4n) is 2.49. The molecule has 0 bridgehead atoms. The molecule has 0 radical (unpaired) electrons. The van der Waals surface area contributed by atoms with Gasteiger partial charge in [-0.1, -0.05) is 23.4 Å². The van der Waals surface area contributed by atoms with Crippen LogP contribution in [0.15, 0.2) is 40.9 Å². The third-order valence-electron chi connectivity index (χ3n) is 3.88. The lowest BCUT2D eigenvalue weighted by Gasteiger charge is -2.26. The molecule has 9 heteroatoms. The van der Waals surface area contributed by atoms with Crippen molar-refractivity contribution in [3.63, 3.8) is 0 Å². The lowest BCUT2D eigenvalue weighted by Crippen LogP contribution is -2.40. The monoisotopic (exact) mass is 419 g/mol. The highest BCUT2D eigenvalue weighted by Crippen LogP contribution is 2.17. The number of esters is 1. The zero-order valence-electron chi connectivity index (χ0n) is 16.9. The Kier molecular flexibility index (Phi) is 8.26. The maximum atomic E-state index is 12.5. The first-order valence-electron chi connectivity index (χ1n) is 9.16. The number of ether oxygens (including phenoxy) is 1. The number of aromatic nitrogens is 1. The standard InChI is InChI=1S/C20H25N3O5S/c1-13(2)23(16-8-6-5-7-9-16)18(24)11-27-19(25)12-29-15(4)20(26)21-17-10-14(3)28-22-17/h5-10,13,15H,11-12H2,1-4H3,(H,21,22,26)/t15-/m0/s1. The zero-order valence-corrected chi connectivity index (χ0v) is 17.7. The minimum atomic E-state index is -0.558. The molecule has 156 valence electrons. The molecule has 1 aromatic carbocycles. The Morgan fingerprint density at radius 3 is 2.48 bits per heavy atom. The van der Waals surface area contributed by atoms with Gasteiger partial charge >= 0.3 is 5.97 Å².